The quantitative estimate of drug-likeness (QED) is 0.0571. The van der Waals surface area contributed by atoms with Crippen molar-refractivity contribution in [2.45, 2.75) is 215 Å². The van der Waals surface area contributed by atoms with E-state index in [0.717, 1.165) is 0 Å². The zero-order valence-corrected chi connectivity index (χ0v) is 40.8. The Balaban J connectivity index is 1.06. The molecule has 7 rings (SSSR count). The van der Waals surface area contributed by atoms with E-state index in [1.54, 1.807) is 0 Å². The highest BCUT2D eigenvalue weighted by molar-refractivity contribution is 5.01. The lowest BCUT2D eigenvalue weighted by Gasteiger charge is -2.50. The lowest BCUT2D eigenvalue weighted by atomic mass is 9.95. The minimum atomic E-state index is -2.33. The van der Waals surface area contributed by atoms with Crippen molar-refractivity contribution in [2.24, 2.45) is 0 Å². The third-order valence-electron chi connectivity index (χ3n) is 14.5. The van der Waals surface area contributed by atoms with E-state index in [0.29, 0.717) is 0 Å². The van der Waals surface area contributed by atoms with Crippen LogP contribution < -0.4 is 0 Å². The van der Waals surface area contributed by atoms with Gasteiger partial charge in [0.25, 0.3) is 0 Å². The van der Waals surface area contributed by atoms with Crippen molar-refractivity contribution in [3.63, 3.8) is 0 Å². The van der Waals surface area contributed by atoms with Gasteiger partial charge >= 0.3 is 0 Å². The minimum Gasteiger partial charge on any atom is -0.394 e. The predicted molar refractivity (Wildman–Crippen MR) is 232 cm³/mol. The molecule has 78 heavy (non-hydrogen) atoms. The van der Waals surface area contributed by atoms with Crippen LogP contribution in [0.5, 0.6) is 0 Å². The molecule has 36 heteroatoms. The van der Waals surface area contributed by atoms with Crippen LogP contribution in [0.1, 0.15) is 0 Å². The maximum atomic E-state index is 11.7. The first-order chi connectivity index (χ1) is 37.0. The van der Waals surface area contributed by atoms with Gasteiger partial charge in [-0.3, -0.25) is 0 Å². The average molecular weight is 1150 g/mol. The smallest absolute Gasteiger partial charge is 0.187 e. The number of rotatable bonds is 19. The van der Waals surface area contributed by atoms with Crippen LogP contribution in [-0.2, 0) is 61.6 Å². The van der Waals surface area contributed by atoms with Crippen molar-refractivity contribution >= 4 is 0 Å². The maximum absolute atomic E-state index is 11.7. The van der Waals surface area contributed by atoms with Crippen LogP contribution in [0.3, 0.4) is 0 Å². The molecule has 0 saturated carbocycles. The van der Waals surface area contributed by atoms with Gasteiger partial charge in [-0.25, -0.2) is 0 Å². The van der Waals surface area contributed by atoms with E-state index < -0.39 is 261 Å². The molecule has 7 aliphatic rings. The molecular formula is C42H72O36. The molecule has 0 aliphatic carbocycles. The third-order valence-corrected chi connectivity index (χ3v) is 14.5. The molecule has 7 fully saturated rings. The van der Waals surface area contributed by atoms with Gasteiger partial charge in [-0.15, -0.1) is 0 Å². The molecule has 35 atom stereocenters. The van der Waals surface area contributed by atoms with Crippen molar-refractivity contribution in [3.05, 3.63) is 0 Å². The Bertz CT molecular complexity index is 1820. The molecule has 23 N–H and O–H groups in total. The standard InChI is InChI=1S/C42H72O36/c43-1-8-15(50)21(56)24(59)37(67-8)74-31-16(51)10(3-45)69-39(26(31)61)76-33-18(53)12(5-47)71-41(28(33)63)78-35-20(55)13(6-48)72-42(29(35)64)77-34-19(54)11(4-46)70-40(27(34)62)75-32-17(52)9(2-44)68-38(25(32)60)73-30-14(7-49)66-36(65)23(58)22(30)57/h8-65H,1-7H2/t8-,9-,10-,11-,12-,13-,14-,15+,16+,17+,18+,19+,20+,21+,22-,23-,24-,25-,26-,27-,28-,29-,30-,31+,32+,33+,34+,35+,36?,37+,38+,39+,40+,41+,42+/m1/s1. The second-order valence-electron chi connectivity index (χ2n) is 19.6. The van der Waals surface area contributed by atoms with Crippen molar-refractivity contribution in [2.75, 3.05) is 46.2 Å². The minimum absolute atomic E-state index is 0.894. The Hall–Kier alpha value is -1.44. The van der Waals surface area contributed by atoms with Gasteiger partial charge in [0.2, 0.25) is 0 Å². The Morgan fingerprint density at radius 2 is 0.410 bits per heavy atom. The van der Waals surface area contributed by atoms with Gasteiger partial charge in [-0.05, 0) is 0 Å². The predicted octanol–water partition coefficient (Wildman–Crippen LogP) is -16.3. The summed E-state index contributed by atoms with van der Waals surface area (Å²) in [6, 6.07) is 0. The molecule has 0 bridgehead atoms. The molecule has 0 aromatic rings. The summed E-state index contributed by atoms with van der Waals surface area (Å²) in [5.74, 6) is 0. The van der Waals surface area contributed by atoms with Crippen molar-refractivity contribution in [3.8, 4) is 0 Å². The average Bonchev–Trinajstić information content (AvgIpc) is 3.47. The highest BCUT2D eigenvalue weighted by Gasteiger charge is 2.59. The summed E-state index contributed by atoms with van der Waals surface area (Å²) in [6.07, 6.45) is -70.0. The largest absolute Gasteiger partial charge is 0.394 e. The van der Waals surface area contributed by atoms with Gasteiger partial charge in [-0.1, -0.05) is 0 Å². The van der Waals surface area contributed by atoms with Crippen molar-refractivity contribution < 1.29 is 179 Å². The lowest BCUT2D eigenvalue weighted by Crippen LogP contribution is -2.69. The summed E-state index contributed by atoms with van der Waals surface area (Å²) < 4.78 is 72.2. The topological polar surface area (TPSA) is 585 Å². The van der Waals surface area contributed by atoms with Crippen LogP contribution in [-0.4, -0.2) is 379 Å². The molecule has 36 nitrogen and oxygen atoms in total. The normalized spacial score (nSPS) is 53.5. The first-order valence-electron chi connectivity index (χ1n) is 24.7. The van der Waals surface area contributed by atoms with Crippen LogP contribution in [0.4, 0.5) is 0 Å². The van der Waals surface area contributed by atoms with Crippen molar-refractivity contribution in [1.29, 1.82) is 0 Å². The van der Waals surface area contributed by atoms with Gasteiger partial charge in [0.15, 0.2) is 44.0 Å². The number of ether oxygens (including phenoxy) is 13. The van der Waals surface area contributed by atoms with Crippen LogP contribution in [0.15, 0.2) is 0 Å². The van der Waals surface area contributed by atoms with Crippen LogP contribution in [0, 0.1) is 0 Å². The Morgan fingerprint density at radius 3 is 0.654 bits per heavy atom. The maximum Gasteiger partial charge on any atom is 0.187 e. The molecule has 0 aromatic heterocycles. The summed E-state index contributed by atoms with van der Waals surface area (Å²) in [5, 5.41) is 246. The van der Waals surface area contributed by atoms with Crippen LogP contribution in [0.2, 0.25) is 0 Å². The van der Waals surface area contributed by atoms with Gasteiger partial charge in [0, 0.05) is 0 Å². The fourth-order valence-electron chi connectivity index (χ4n) is 9.98. The number of aliphatic hydroxyl groups is 23. The molecule has 7 saturated heterocycles. The zero-order chi connectivity index (χ0) is 57.3. The van der Waals surface area contributed by atoms with Crippen molar-refractivity contribution in [1.82, 2.24) is 0 Å². The van der Waals surface area contributed by atoms with E-state index in [-0.39, 0.29) is 0 Å². The number of hydrogen-bond acceptors (Lipinski definition) is 36. The van der Waals surface area contributed by atoms with E-state index in [9.17, 15) is 117 Å². The first-order valence-corrected chi connectivity index (χ1v) is 24.7. The summed E-state index contributed by atoms with van der Waals surface area (Å²) in [5.41, 5.74) is 0. The molecular weight excluding hydrogens is 1080 g/mol. The highest BCUT2D eigenvalue weighted by Crippen LogP contribution is 2.38. The fraction of sp³-hybridized carbons (Fsp3) is 1.00. The molecule has 1 unspecified atom stereocenters. The van der Waals surface area contributed by atoms with E-state index in [1.807, 2.05) is 0 Å². The first kappa shape index (κ1) is 64.1. The zero-order valence-electron chi connectivity index (χ0n) is 40.8. The monoisotopic (exact) mass is 1150 g/mol. The van der Waals surface area contributed by atoms with Gasteiger partial charge in [0.05, 0.1) is 46.2 Å². The third kappa shape index (κ3) is 12.9. The van der Waals surface area contributed by atoms with Crippen LogP contribution in [0.25, 0.3) is 0 Å². The SMILES string of the molecule is OC[C@H]1O[C@@H](O[C@H]2[C@@H](O)[C@@H](CO)O[C@@H](O[C@H]3[C@@H](O)[C@@H](CO)O[C@@H](O[C@H]4[C@@H](O)[C@@H](CO)O[C@@H](O[C@H]5[C@@H](O)[C@@H](CO)O[C@@H](O[C@H]6[C@@H](O)[C@@H](CO)O[C@@H](O[C@H]7[C@H](O)[C@@H](O)C(O)O[C@@H]7CO)[C@@H]6O)[C@@H]5O)[C@@H]4O)[C@@H]3O)[C@@H]2O)[C@H](O)[C@@H](O)[C@H]1O. The van der Waals surface area contributed by atoms with E-state index in [4.69, 9.17) is 61.6 Å². The van der Waals surface area contributed by atoms with Gasteiger partial charge < -0.3 is 179 Å². The van der Waals surface area contributed by atoms with E-state index >= 15 is 0 Å². The second-order valence-corrected chi connectivity index (χ2v) is 19.6. The molecule has 0 aromatic carbocycles. The number of aliphatic hydroxyl groups excluding tert-OH is 23. The molecule has 0 spiro atoms. The van der Waals surface area contributed by atoms with E-state index in [2.05, 4.69) is 0 Å². The van der Waals surface area contributed by atoms with Gasteiger partial charge in [-0.2, -0.15) is 0 Å². The summed E-state index contributed by atoms with van der Waals surface area (Å²) >= 11 is 0. The molecule has 0 radical (unpaired) electrons. The van der Waals surface area contributed by atoms with E-state index in [1.165, 1.54) is 0 Å². The summed E-state index contributed by atoms with van der Waals surface area (Å²) in [7, 11) is 0. The molecule has 7 heterocycles. The van der Waals surface area contributed by atoms with Crippen LogP contribution >= 0.6 is 0 Å². The summed E-state index contributed by atoms with van der Waals surface area (Å²) in [6.45, 7) is -7.06. The second kappa shape index (κ2) is 27.5. The molecule has 7 aliphatic heterocycles. The fourth-order valence-corrected chi connectivity index (χ4v) is 9.98. The summed E-state index contributed by atoms with van der Waals surface area (Å²) in [4.78, 5) is 0. The molecule has 456 valence electrons. The van der Waals surface area contributed by atoms with Gasteiger partial charge in [0.1, 0.15) is 171 Å². The Kier molecular flexibility index (Phi) is 22.6. The Morgan fingerprint density at radius 1 is 0.192 bits per heavy atom. The molecule has 0 amide bonds. The lowest BCUT2D eigenvalue weighted by molar-refractivity contribution is -0.400. The highest BCUT2D eigenvalue weighted by atomic mass is 16.8. The Labute approximate surface area is 439 Å². The number of hydrogen-bond donors (Lipinski definition) is 23.